The summed E-state index contributed by atoms with van der Waals surface area (Å²) >= 11 is 0. The first-order valence-corrected chi connectivity index (χ1v) is 28.0. The van der Waals surface area contributed by atoms with Gasteiger partial charge in [-0.15, -0.1) is 0 Å². The van der Waals surface area contributed by atoms with E-state index in [1.165, 1.54) is 137 Å². The number of carboxylic acids is 2. The van der Waals surface area contributed by atoms with Crippen molar-refractivity contribution in [3.63, 3.8) is 0 Å². The summed E-state index contributed by atoms with van der Waals surface area (Å²) in [5.41, 5.74) is 2.36. The van der Waals surface area contributed by atoms with Crippen molar-refractivity contribution in [2.75, 3.05) is 0 Å². The van der Waals surface area contributed by atoms with Crippen LogP contribution in [-0.2, 0) is 97.9 Å². The van der Waals surface area contributed by atoms with Crippen LogP contribution in [0, 0.1) is 11.8 Å². The molecule has 10 atom stereocenters. The van der Waals surface area contributed by atoms with Gasteiger partial charge < -0.3 is 73.3 Å². The fraction of sp³-hybridized carbons (Fsp3) is 0.393. The molecule has 0 aliphatic carbocycles. The highest BCUT2D eigenvalue weighted by Crippen LogP contribution is 2.33. The van der Waals surface area contributed by atoms with E-state index in [1.807, 2.05) is 0 Å². The van der Waals surface area contributed by atoms with E-state index in [-0.39, 0.29) is 35.5 Å². The number of carboxylic acid groups (broad SMARTS) is 2. The number of aliphatic carboxylic acids is 2. The van der Waals surface area contributed by atoms with Crippen LogP contribution in [0.1, 0.15) is 76.6 Å². The predicted molar refractivity (Wildman–Crippen MR) is 312 cm³/mol. The quantitative estimate of drug-likeness (QED) is 0.0222. The largest absolute Gasteiger partial charge is 0.508 e. The number of phenols is 2. The summed E-state index contributed by atoms with van der Waals surface area (Å²) in [6.45, 7) is 5.69. The fourth-order valence-electron chi connectivity index (χ4n) is 8.62. The van der Waals surface area contributed by atoms with Gasteiger partial charge in [-0.25, -0.2) is 18.4 Å². The molecule has 0 aliphatic rings. The maximum Gasteiger partial charge on any atom is 0.360 e. The summed E-state index contributed by atoms with van der Waals surface area (Å²) in [7, 11) is 0. The molecule has 484 valence electrons. The van der Waals surface area contributed by atoms with E-state index >= 15 is 13.6 Å². The van der Waals surface area contributed by atoms with Crippen LogP contribution in [0.2, 0.25) is 0 Å². The summed E-state index contributed by atoms with van der Waals surface area (Å²) in [6.07, 6.45) is -3.68. The number of ether oxygens (including phenoxy) is 2. The van der Waals surface area contributed by atoms with E-state index in [0.29, 0.717) is 11.1 Å². The number of rotatable bonds is 34. The number of hydrogen-bond acceptors (Lipinski definition) is 19. The number of Topliss-reactive ketones (excluding diaryl/α,β-unsaturated/α-hetero) is 3. The topological polar surface area (TPSA) is 446 Å². The zero-order chi connectivity index (χ0) is 67.4. The number of ketones is 3. The van der Waals surface area contributed by atoms with Crippen LogP contribution in [0.4, 0.5) is 8.78 Å². The zero-order valence-corrected chi connectivity index (χ0v) is 49.7. The van der Waals surface area contributed by atoms with E-state index in [9.17, 15) is 78.0 Å². The summed E-state index contributed by atoms with van der Waals surface area (Å²) in [5, 5.41) is 52.1. The molecule has 0 spiro atoms. The number of phenolic OH excluding ortho intramolecular Hbond substituents is 2. The Hall–Kier alpha value is -10.0. The number of benzene rings is 4. The van der Waals surface area contributed by atoms with Crippen LogP contribution in [-0.4, -0.2) is 157 Å². The molecule has 4 aromatic carbocycles. The predicted octanol–water partition coefficient (Wildman–Crippen LogP) is 0.358. The highest BCUT2D eigenvalue weighted by molar-refractivity contribution is 6.40. The lowest BCUT2D eigenvalue weighted by Gasteiger charge is -2.32. The van der Waals surface area contributed by atoms with Crippen LogP contribution in [0.3, 0.4) is 0 Å². The molecule has 0 saturated heterocycles. The fourth-order valence-corrected chi connectivity index (χ4v) is 8.62. The van der Waals surface area contributed by atoms with Gasteiger partial charge in [0.1, 0.15) is 61.0 Å². The lowest BCUT2D eigenvalue weighted by atomic mass is 9.77. The number of alkyl halides is 2. The molecule has 6 amide bonds. The van der Waals surface area contributed by atoms with Gasteiger partial charge in [0.15, 0.2) is 0 Å². The van der Waals surface area contributed by atoms with Crippen molar-refractivity contribution in [3.05, 3.63) is 131 Å². The standard InChI is InChI=1S/C61H72F2N8O19/c1-31(2)47(70-53(82)41(64)25-35-17-21-39(72)22-18-35)55(84)66-33(5)51(80)68-43(27-45(74)75)49(78)60(62,58(87)89-29-37-13-9-7-10-14-37)57(86)61(63,59(88)90-30-38-15-11-8-12-16-38)50(79)44(28-46(76)77)69-52(81)34(6)67-56(85)48(32(3)4)71-54(83)42(65)26-36-19-23-40(73)24-20-36/h7-24,31-34,41-44,47-48,72-73H,25-30,64-65H2,1-6H3,(H,66,84)(H,67,85)(H,68,80)(H,69,81)(H,70,82)(H,71,83)(H,74,75)(H,76,77)/t33-,34-,41-,42-,43-,44-,47-,48-,60?,61?/m0/s1. The lowest BCUT2D eigenvalue weighted by Crippen LogP contribution is -2.69. The van der Waals surface area contributed by atoms with E-state index in [4.69, 9.17) is 20.9 Å². The summed E-state index contributed by atoms with van der Waals surface area (Å²) in [6, 6.07) is 9.70. The molecule has 0 heterocycles. The smallest absolute Gasteiger partial charge is 0.360 e. The average Bonchev–Trinajstić information content (AvgIpc) is 0.744. The maximum atomic E-state index is 18.5. The van der Waals surface area contributed by atoms with Gasteiger partial charge in [0.05, 0.1) is 24.9 Å². The number of halogens is 2. The number of nitrogens with two attached hydrogens (primary N) is 2. The van der Waals surface area contributed by atoms with Crippen molar-refractivity contribution in [2.24, 2.45) is 23.3 Å². The number of carbonyl (C=O) groups is 13. The number of amides is 6. The Labute approximate surface area is 514 Å². The molecule has 4 aromatic rings. The number of hydrogen-bond donors (Lipinski definition) is 12. The Morgan fingerprint density at radius 3 is 1.03 bits per heavy atom. The molecule has 0 bridgehead atoms. The van der Waals surface area contributed by atoms with Crippen molar-refractivity contribution >= 4 is 76.7 Å². The number of aromatic hydroxyl groups is 2. The van der Waals surface area contributed by atoms with Crippen molar-refractivity contribution in [1.82, 2.24) is 31.9 Å². The zero-order valence-electron chi connectivity index (χ0n) is 49.7. The molecule has 14 N–H and O–H groups in total. The Bertz CT molecular complexity index is 3050. The molecule has 4 rings (SSSR count). The minimum Gasteiger partial charge on any atom is -0.508 e. The third kappa shape index (κ3) is 20.0. The molecule has 29 heteroatoms. The van der Waals surface area contributed by atoms with Gasteiger partial charge in [0.25, 0.3) is 0 Å². The van der Waals surface area contributed by atoms with Gasteiger partial charge in [0.2, 0.25) is 52.8 Å². The highest BCUT2D eigenvalue weighted by Gasteiger charge is 2.71. The van der Waals surface area contributed by atoms with Crippen LogP contribution in [0.5, 0.6) is 11.5 Å². The van der Waals surface area contributed by atoms with Crippen LogP contribution < -0.4 is 43.4 Å². The van der Waals surface area contributed by atoms with Gasteiger partial charge in [-0.3, -0.25) is 52.7 Å². The van der Waals surface area contributed by atoms with Gasteiger partial charge in [-0.1, -0.05) is 113 Å². The molecule has 27 nitrogen and oxygen atoms in total. The molecule has 2 unspecified atom stereocenters. The monoisotopic (exact) mass is 1260 g/mol. The number of carbonyl (C=O) groups excluding carboxylic acids is 11. The summed E-state index contributed by atoms with van der Waals surface area (Å²) < 4.78 is 46.9. The molecule has 0 aliphatic heterocycles. The SMILES string of the molecule is CC(C)[C@H](NC(=O)[C@@H](N)Cc1ccc(O)cc1)C(=O)N[C@@H](C)C(=O)N[C@@H](CC(=O)O)C(=O)C(F)(C(=O)OCc1ccccc1)C(=O)C(F)(C(=O)OCc1ccccc1)C(=O)[C@H](CC(=O)O)NC(=O)[C@H](C)NC(=O)[C@@H](NC(=O)[C@@H](N)Cc1ccc(O)cc1)C(C)C. The van der Waals surface area contributed by atoms with Gasteiger partial charge in [0, 0.05) is 0 Å². The molecule has 0 saturated carbocycles. The number of esters is 2. The van der Waals surface area contributed by atoms with Crippen LogP contribution >= 0.6 is 0 Å². The van der Waals surface area contributed by atoms with E-state index in [1.54, 1.807) is 10.6 Å². The molecule has 0 radical (unpaired) electrons. The molecular formula is C61H72F2N8O19. The highest BCUT2D eigenvalue weighted by atomic mass is 19.2. The van der Waals surface area contributed by atoms with E-state index in [2.05, 4.69) is 21.3 Å². The minimum atomic E-state index is -5.43. The Kier molecular flexibility index (Phi) is 26.4. The normalized spacial score (nSPS) is 15.2. The Balaban J connectivity index is 1.74. The Morgan fingerprint density at radius 2 is 0.744 bits per heavy atom. The van der Waals surface area contributed by atoms with Crippen LogP contribution in [0.25, 0.3) is 0 Å². The molecule has 90 heavy (non-hydrogen) atoms. The first kappa shape index (κ1) is 72.4. The molecular weight excluding hydrogens is 1190 g/mol. The molecule has 0 aromatic heterocycles. The summed E-state index contributed by atoms with van der Waals surface area (Å²) in [4.78, 5) is 180. The summed E-state index contributed by atoms with van der Waals surface area (Å²) in [5.74, 6) is -27.0. The van der Waals surface area contributed by atoms with Crippen molar-refractivity contribution in [2.45, 2.75) is 140 Å². The first-order chi connectivity index (χ1) is 42.2. The first-order valence-electron chi connectivity index (χ1n) is 28.0. The van der Waals surface area contributed by atoms with Crippen molar-refractivity contribution < 1.29 is 101 Å². The number of nitrogens with one attached hydrogen (secondary N) is 6. The minimum absolute atomic E-state index is 0.00476. The van der Waals surface area contributed by atoms with Gasteiger partial charge in [-0.2, -0.15) is 0 Å². The van der Waals surface area contributed by atoms with E-state index < -0.39 is 174 Å². The lowest BCUT2D eigenvalue weighted by molar-refractivity contribution is -0.180. The van der Waals surface area contributed by atoms with Crippen molar-refractivity contribution in [1.29, 1.82) is 0 Å². The van der Waals surface area contributed by atoms with E-state index in [0.717, 1.165) is 13.8 Å². The third-order valence-electron chi connectivity index (χ3n) is 13.8. The second-order valence-corrected chi connectivity index (χ2v) is 21.7. The average molecular weight is 1260 g/mol. The van der Waals surface area contributed by atoms with Gasteiger partial charge >= 0.3 is 35.2 Å². The second-order valence-electron chi connectivity index (χ2n) is 21.7. The maximum absolute atomic E-state index is 18.5. The van der Waals surface area contributed by atoms with Gasteiger partial charge in [-0.05, 0) is 85.0 Å². The van der Waals surface area contributed by atoms with Crippen LogP contribution in [0.15, 0.2) is 109 Å². The third-order valence-corrected chi connectivity index (χ3v) is 13.8. The molecule has 0 fully saturated rings. The Morgan fingerprint density at radius 1 is 0.433 bits per heavy atom. The second kappa shape index (κ2) is 32.8. The van der Waals surface area contributed by atoms with Crippen molar-refractivity contribution in [3.8, 4) is 11.5 Å².